The number of benzene rings is 3. The quantitative estimate of drug-likeness (QED) is 0.389. The number of nitrogens with zero attached hydrogens (tertiary/aromatic N) is 3. The second-order valence-corrected chi connectivity index (χ2v) is 11.8. The molecule has 39 heavy (non-hydrogen) atoms. The molecule has 1 saturated heterocycles. The van der Waals surface area contributed by atoms with Crippen LogP contribution in [-0.4, -0.2) is 70.5 Å². The first-order chi connectivity index (χ1) is 18.7. The van der Waals surface area contributed by atoms with Crippen molar-refractivity contribution in [1.29, 1.82) is 0 Å². The van der Waals surface area contributed by atoms with Crippen molar-refractivity contribution in [3.8, 4) is 5.75 Å². The van der Waals surface area contributed by atoms with Crippen LogP contribution < -0.4 is 9.04 Å². The standard InChI is InChI=1S/C31H37N3O4S/c1-24-12-13-29(38-4)30(22-24)39(36,37)34(28-20-25(2)19-26(3)21-28)23-31(35)33-17-15-32(16-18-33)14-8-11-27-9-6-5-7-10-27/h5-13,19-22H,14-18,23H2,1-4H3/b11-8+. The molecular formula is C31H37N3O4S. The van der Waals surface area contributed by atoms with Crippen molar-refractivity contribution in [3.05, 3.63) is 95.1 Å². The van der Waals surface area contributed by atoms with Crippen LogP contribution in [0.1, 0.15) is 22.3 Å². The van der Waals surface area contributed by atoms with Crippen LogP contribution in [0.25, 0.3) is 6.08 Å². The third-order valence-electron chi connectivity index (χ3n) is 6.86. The van der Waals surface area contributed by atoms with Gasteiger partial charge >= 0.3 is 0 Å². The molecule has 1 aliphatic rings. The van der Waals surface area contributed by atoms with Crippen molar-refractivity contribution in [2.45, 2.75) is 25.7 Å². The molecule has 3 aromatic rings. The highest BCUT2D eigenvalue weighted by atomic mass is 32.2. The van der Waals surface area contributed by atoms with Crippen molar-refractivity contribution in [3.63, 3.8) is 0 Å². The molecule has 7 nitrogen and oxygen atoms in total. The lowest BCUT2D eigenvalue weighted by Gasteiger charge is -2.35. The molecule has 0 spiro atoms. The van der Waals surface area contributed by atoms with E-state index < -0.39 is 10.0 Å². The summed E-state index contributed by atoms with van der Waals surface area (Å²) in [4.78, 5) is 17.6. The van der Waals surface area contributed by atoms with E-state index in [2.05, 4.69) is 29.2 Å². The van der Waals surface area contributed by atoms with Crippen molar-refractivity contribution in [1.82, 2.24) is 9.80 Å². The Morgan fingerprint density at radius 1 is 0.897 bits per heavy atom. The summed E-state index contributed by atoms with van der Waals surface area (Å²) in [6, 6.07) is 20.8. The van der Waals surface area contributed by atoms with Crippen molar-refractivity contribution >= 4 is 27.7 Å². The van der Waals surface area contributed by atoms with Crippen molar-refractivity contribution in [2.75, 3.05) is 50.7 Å². The number of rotatable bonds is 9. The third-order valence-corrected chi connectivity index (χ3v) is 8.65. The van der Waals surface area contributed by atoms with Gasteiger partial charge in [0.15, 0.2) is 0 Å². The summed E-state index contributed by atoms with van der Waals surface area (Å²) in [6.45, 7) is 8.74. The van der Waals surface area contributed by atoms with E-state index in [0.717, 1.165) is 41.9 Å². The van der Waals surface area contributed by atoms with Crippen LogP contribution in [0, 0.1) is 20.8 Å². The van der Waals surface area contributed by atoms with E-state index in [1.54, 1.807) is 35.2 Å². The van der Waals surface area contributed by atoms with E-state index >= 15 is 0 Å². The highest BCUT2D eigenvalue weighted by Crippen LogP contribution is 2.32. The number of methoxy groups -OCH3 is 1. The summed E-state index contributed by atoms with van der Waals surface area (Å²) in [5.41, 5.74) is 4.26. The topological polar surface area (TPSA) is 70.2 Å². The molecule has 1 fully saturated rings. The number of anilines is 1. The molecule has 1 heterocycles. The van der Waals surface area contributed by atoms with Gasteiger partial charge in [-0.1, -0.05) is 54.6 Å². The summed E-state index contributed by atoms with van der Waals surface area (Å²) in [5.74, 6) is 0.0310. The maximum absolute atomic E-state index is 14.1. The Balaban J connectivity index is 1.51. The molecule has 0 radical (unpaired) electrons. The van der Waals surface area contributed by atoms with Crippen LogP contribution in [0.3, 0.4) is 0 Å². The number of carbonyl (C=O) groups excluding carboxylic acids is 1. The zero-order valence-electron chi connectivity index (χ0n) is 23.1. The number of sulfonamides is 1. The number of amides is 1. The molecule has 8 heteroatoms. The Bertz CT molecular complexity index is 1410. The smallest absolute Gasteiger partial charge is 0.268 e. The number of ether oxygens (including phenoxy) is 1. The maximum Gasteiger partial charge on any atom is 0.268 e. The molecule has 1 amide bonds. The summed E-state index contributed by atoms with van der Waals surface area (Å²) in [7, 11) is -2.65. The summed E-state index contributed by atoms with van der Waals surface area (Å²) < 4.78 is 34.7. The number of carbonyl (C=O) groups is 1. The fourth-order valence-corrected chi connectivity index (χ4v) is 6.46. The molecule has 0 unspecified atom stereocenters. The Morgan fingerprint density at radius 2 is 1.56 bits per heavy atom. The summed E-state index contributed by atoms with van der Waals surface area (Å²) in [6.07, 6.45) is 4.24. The van der Waals surface area contributed by atoms with E-state index in [9.17, 15) is 13.2 Å². The van der Waals surface area contributed by atoms with Gasteiger partial charge in [-0.05, 0) is 67.3 Å². The lowest BCUT2D eigenvalue weighted by Crippen LogP contribution is -2.51. The Hall–Kier alpha value is -3.62. The molecule has 3 aromatic carbocycles. The van der Waals surface area contributed by atoms with Gasteiger partial charge in [0, 0.05) is 32.7 Å². The average Bonchev–Trinajstić information content (AvgIpc) is 2.92. The molecule has 0 N–H and O–H groups in total. The Labute approximate surface area is 232 Å². The number of aryl methyl sites for hydroxylation is 3. The minimum atomic E-state index is -4.09. The van der Waals surface area contributed by atoms with Gasteiger partial charge < -0.3 is 9.64 Å². The predicted molar refractivity (Wildman–Crippen MR) is 157 cm³/mol. The van der Waals surface area contributed by atoms with Crippen LogP contribution in [-0.2, 0) is 14.8 Å². The van der Waals surface area contributed by atoms with E-state index in [1.165, 1.54) is 11.4 Å². The molecule has 0 atom stereocenters. The van der Waals surface area contributed by atoms with Gasteiger partial charge in [-0.2, -0.15) is 0 Å². The highest BCUT2D eigenvalue weighted by molar-refractivity contribution is 7.93. The monoisotopic (exact) mass is 547 g/mol. The van der Waals surface area contributed by atoms with E-state index in [-0.39, 0.29) is 23.1 Å². The number of hydrogen-bond acceptors (Lipinski definition) is 5. The predicted octanol–water partition coefficient (Wildman–Crippen LogP) is 4.67. The second kappa shape index (κ2) is 12.5. The minimum Gasteiger partial charge on any atom is -0.495 e. The van der Waals surface area contributed by atoms with E-state index in [0.29, 0.717) is 18.8 Å². The summed E-state index contributed by atoms with van der Waals surface area (Å²) in [5, 5.41) is 0. The van der Waals surface area contributed by atoms with Gasteiger partial charge in [-0.15, -0.1) is 0 Å². The van der Waals surface area contributed by atoms with Gasteiger partial charge in [-0.3, -0.25) is 14.0 Å². The lowest BCUT2D eigenvalue weighted by atomic mass is 10.1. The average molecular weight is 548 g/mol. The first kappa shape index (κ1) is 28.4. The van der Waals surface area contributed by atoms with Gasteiger partial charge in [0.2, 0.25) is 5.91 Å². The van der Waals surface area contributed by atoms with Gasteiger partial charge in [0.1, 0.15) is 17.2 Å². The first-order valence-corrected chi connectivity index (χ1v) is 14.6. The third kappa shape index (κ3) is 7.07. The zero-order valence-corrected chi connectivity index (χ0v) is 23.9. The maximum atomic E-state index is 14.1. The Morgan fingerprint density at radius 3 is 2.21 bits per heavy atom. The number of piperazine rings is 1. The van der Waals surface area contributed by atoms with Crippen LogP contribution in [0.2, 0.25) is 0 Å². The molecule has 206 valence electrons. The first-order valence-electron chi connectivity index (χ1n) is 13.1. The lowest BCUT2D eigenvalue weighted by molar-refractivity contribution is -0.131. The van der Waals surface area contributed by atoms with Crippen molar-refractivity contribution in [2.24, 2.45) is 0 Å². The summed E-state index contributed by atoms with van der Waals surface area (Å²) >= 11 is 0. The normalized spacial score (nSPS) is 14.5. The molecule has 4 rings (SSSR count). The molecule has 0 bridgehead atoms. The molecule has 0 saturated carbocycles. The largest absolute Gasteiger partial charge is 0.495 e. The van der Waals surface area contributed by atoms with Gasteiger partial charge in [0.25, 0.3) is 10.0 Å². The molecule has 0 aromatic heterocycles. The van der Waals surface area contributed by atoms with Crippen LogP contribution in [0.4, 0.5) is 5.69 Å². The van der Waals surface area contributed by atoms with Gasteiger partial charge in [-0.25, -0.2) is 8.42 Å². The fraction of sp³-hybridized carbons (Fsp3) is 0.323. The van der Waals surface area contributed by atoms with Crippen LogP contribution in [0.15, 0.2) is 77.7 Å². The van der Waals surface area contributed by atoms with Crippen molar-refractivity contribution < 1.29 is 17.9 Å². The minimum absolute atomic E-state index is 0.0481. The molecule has 1 aliphatic heterocycles. The van der Waals surface area contributed by atoms with Crippen LogP contribution >= 0.6 is 0 Å². The van der Waals surface area contributed by atoms with Gasteiger partial charge in [0.05, 0.1) is 12.8 Å². The zero-order chi connectivity index (χ0) is 28.0. The molecular weight excluding hydrogens is 510 g/mol. The number of hydrogen-bond donors (Lipinski definition) is 0. The fourth-order valence-electron chi connectivity index (χ4n) is 4.82. The van der Waals surface area contributed by atoms with Crippen LogP contribution in [0.5, 0.6) is 5.75 Å². The highest BCUT2D eigenvalue weighted by Gasteiger charge is 2.32. The van der Waals surface area contributed by atoms with E-state index in [4.69, 9.17) is 4.74 Å². The Kier molecular flexibility index (Phi) is 9.09. The SMILES string of the molecule is COc1ccc(C)cc1S(=O)(=O)N(CC(=O)N1CCN(C/C=C/c2ccccc2)CC1)c1cc(C)cc(C)c1. The molecule has 0 aliphatic carbocycles. The van der Waals surface area contributed by atoms with E-state index in [1.807, 2.05) is 45.0 Å². The second-order valence-electron chi connectivity index (χ2n) is 10.0.